The maximum Gasteiger partial charge on any atom is 0.224 e. The summed E-state index contributed by atoms with van der Waals surface area (Å²) in [7, 11) is 0. The van der Waals surface area contributed by atoms with Gasteiger partial charge in [-0.15, -0.1) is 0 Å². The van der Waals surface area contributed by atoms with Crippen LogP contribution >= 0.6 is 0 Å². The lowest BCUT2D eigenvalue weighted by molar-refractivity contribution is -0.120. The van der Waals surface area contributed by atoms with E-state index in [-0.39, 0.29) is 12.3 Å². The van der Waals surface area contributed by atoms with E-state index in [1.165, 1.54) is 0 Å². The van der Waals surface area contributed by atoms with E-state index in [1.54, 1.807) is 18.2 Å². The van der Waals surface area contributed by atoms with Crippen molar-refractivity contribution in [2.75, 3.05) is 6.54 Å². The zero-order chi connectivity index (χ0) is 10.4. The smallest absolute Gasteiger partial charge is 0.224 e. The van der Waals surface area contributed by atoms with Crippen molar-refractivity contribution < 1.29 is 9.59 Å². The van der Waals surface area contributed by atoms with Crippen molar-refractivity contribution in [1.82, 2.24) is 5.32 Å². The number of rotatable bonds is 4. The van der Waals surface area contributed by atoms with Gasteiger partial charge >= 0.3 is 0 Å². The lowest BCUT2D eigenvalue weighted by atomic mass is 10.1. The minimum absolute atomic E-state index is 0.0539. The molecule has 3 nitrogen and oxygen atoms in total. The minimum atomic E-state index is -0.0539. The third kappa shape index (κ3) is 2.69. The van der Waals surface area contributed by atoms with Crippen LogP contribution in [0.5, 0.6) is 0 Å². The van der Waals surface area contributed by atoms with E-state index < -0.39 is 0 Å². The summed E-state index contributed by atoms with van der Waals surface area (Å²) >= 11 is 0. The molecule has 0 saturated heterocycles. The summed E-state index contributed by atoms with van der Waals surface area (Å²) < 4.78 is 0. The molecule has 0 unspecified atom stereocenters. The minimum Gasteiger partial charge on any atom is -0.356 e. The molecule has 0 aromatic heterocycles. The molecule has 0 saturated carbocycles. The SMILES string of the molecule is CCNC(=O)Cc1ccccc1C=O. The van der Waals surface area contributed by atoms with E-state index in [1.807, 2.05) is 13.0 Å². The third-order valence-electron chi connectivity index (χ3n) is 1.91. The molecule has 1 N–H and O–H groups in total. The summed E-state index contributed by atoms with van der Waals surface area (Å²) in [5.74, 6) is -0.0539. The average Bonchev–Trinajstić information content (AvgIpc) is 2.19. The molecule has 3 heteroatoms. The summed E-state index contributed by atoms with van der Waals surface area (Å²) in [6, 6.07) is 7.10. The summed E-state index contributed by atoms with van der Waals surface area (Å²) in [4.78, 5) is 21.9. The normalized spacial score (nSPS) is 9.50. The Labute approximate surface area is 83.1 Å². The van der Waals surface area contributed by atoms with E-state index in [0.717, 1.165) is 11.8 Å². The predicted octanol–water partition coefficient (Wildman–Crippen LogP) is 1.18. The van der Waals surface area contributed by atoms with Crippen LogP contribution in [0.4, 0.5) is 0 Å². The second-order valence-electron chi connectivity index (χ2n) is 2.95. The number of aldehydes is 1. The van der Waals surface area contributed by atoms with Crippen LogP contribution in [0, 0.1) is 0 Å². The van der Waals surface area contributed by atoms with Gasteiger partial charge in [0.05, 0.1) is 6.42 Å². The zero-order valence-electron chi connectivity index (χ0n) is 8.12. The Hall–Kier alpha value is -1.64. The van der Waals surface area contributed by atoms with Crippen LogP contribution in [0.2, 0.25) is 0 Å². The van der Waals surface area contributed by atoms with Crippen molar-refractivity contribution in [3.8, 4) is 0 Å². The summed E-state index contributed by atoms with van der Waals surface area (Å²) in [6.45, 7) is 2.48. The van der Waals surface area contributed by atoms with Gasteiger partial charge in [0.2, 0.25) is 5.91 Å². The van der Waals surface area contributed by atoms with Gasteiger partial charge in [-0.1, -0.05) is 24.3 Å². The Morgan fingerprint density at radius 2 is 2.14 bits per heavy atom. The molecule has 0 fully saturated rings. The van der Waals surface area contributed by atoms with Gasteiger partial charge in [0.15, 0.2) is 0 Å². The van der Waals surface area contributed by atoms with E-state index in [9.17, 15) is 9.59 Å². The Balaban J connectivity index is 2.75. The van der Waals surface area contributed by atoms with Gasteiger partial charge in [-0.3, -0.25) is 9.59 Å². The van der Waals surface area contributed by atoms with Crippen molar-refractivity contribution in [2.45, 2.75) is 13.3 Å². The number of carbonyl (C=O) groups is 2. The number of likely N-dealkylation sites (N-methyl/N-ethyl adjacent to an activating group) is 1. The Morgan fingerprint density at radius 3 is 2.79 bits per heavy atom. The second-order valence-corrected chi connectivity index (χ2v) is 2.95. The van der Waals surface area contributed by atoms with E-state index in [2.05, 4.69) is 5.32 Å². The summed E-state index contributed by atoms with van der Waals surface area (Å²) in [6.07, 6.45) is 1.04. The average molecular weight is 191 g/mol. The van der Waals surface area contributed by atoms with Gasteiger partial charge in [-0.05, 0) is 12.5 Å². The van der Waals surface area contributed by atoms with Crippen LogP contribution in [-0.4, -0.2) is 18.7 Å². The highest BCUT2D eigenvalue weighted by Crippen LogP contribution is 2.06. The van der Waals surface area contributed by atoms with Crippen LogP contribution in [0.15, 0.2) is 24.3 Å². The molecule has 1 rings (SSSR count). The molecule has 1 aromatic carbocycles. The Kier molecular flexibility index (Phi) is 3.85. The van der Waals surface area contributed by atoms with Gasteiger partial charge in [0, 0.05) is 12.1 Å². The molecular formula is C11H13NO2. The predicted molar refractivity (Wildman–Crippen MR) is 54.2 cm³/mol. The molecule has 0 aliphatic rings. The van der Waals surface area contributed by atoms with Gasteiger partial charge in [-0.2, -0.15) is 0 Å². The van der Waals surface area contributed by atoms with Crippen molar-refractivity contribution in [2.24, 2.45) is 0 Å². The second kappa shape index (κ2) is 5.17. The number of nitrogens with one attached hydrogen (secondary N) is 1. The third-order valence-corrected chi connectivity index (χ3v) is 1.91. The fourth-order valence-electron chi connectivity index (χ4n) is 1.24. The molecule has 0 spiro atoms. The van der Waals surface area contributed by atoms with Gasteiger partial charge in [0.25, 0.3) is 0 Å². The first-order chi connectivity index (χ1) is 6.77. The van der Waals surface area contributed by atoms with E-state index in [4.69, 9.17) is 0 Å². The zero-order valence-corrected chi connectivity index (χ0v) is 8.12. The molecule has 14 heavy (non-hydrogen) atoms. The molecule has 0 radical (unpaired) electrons. The van der Waals surface area contributed by atoms with E-state index in [0.29, 0.717) is 12.1 Å². The van der Waals surface area contributed by atoms with Crippen molar-refractivity contribution in [3.63, 3.8) is 0 Å². The number of amides is 1. The molecule has 0 atom stereocenters. The fraction of sp³-hybridized carbons (Fsp3) is 0.273. The van der Waals surface area contributed by atoms with Crippen LogP contribution in [0.3, 0.4) is 0 Å². The van der Waals surface area contributed by atoms with Crippen molar-refractivity contribution >= 4 is 12.2 Å². The first-order valence-electron chi connectivity index (χ1n) is 4.57. The quantitative estimate of drug-likeness (QED) is 0.726. The lowest BCUT2D eigenvalue weighted by Gasteiger charge is -2.04. The maximum absolute atomic E-state index is 11.3. The Morgan fingerprint density at radius 1 is 1.43 bits per heavy atom. The van der Waals surface area contributed by atoms with Gasteiger partial charge < -0.3 is 5.32 Å². The van der Waals surface area contributed by atoms with Crippen molar-refractivity contribution in [3.05, 3.63) is 35.4 Å². The van der Waals surface area contributed by atoms with Crippen LogP contribution < -0.4 is 5.32 Å². The van der Waals surface area contributed by atoms with Crippen molar-refractivity contribution in [1.29, 1.82) is 0 Å². The summed E-state index contributed by atoms with van der Waals surface area (Å²) in [5.41, 5.74) is 1.35. The molecule has 0 heterocycles. The molecule has 0 bridgehead atoms. The molecule has 0 aliphatic heterocycles. The molecule has 0 aliphatic carbocycles. The van der Waals surface area contributed by atoms with Gasteiger partial charge in [0.1, 0.15) is 6.29 Å². The molecule has 1 amide bonds. The lowest BCUT2D eigenvalue weighted by Crippen LogP contribution is -2.24. The topological polar surface area (TPSA) is 46.2 Å². The fourth-order valence-corrected chi connectivity index (χ4v) is 1.24. The van der Waals surface area contributed by atoms with Crippen LogP contribution in [0.1, 0.15) is 22.8 Å². The number of carbonyl (C=O) groups excluding carboxylic acids is 2. The highest BCUT2D eigenvalue weighted by Gasteiger charge is 2.05. The van der Waals surface area contributed by atoms with Crippen LogP contribution in [-0.2, 0) is 11.2 Å². The molecule has 1 aromatic rings. The Bertz CT molecular complexity index is 334. The maximum atomic E-state index is 11.3. The molecule has 74 valence electrons. The number of hydrogen-bond acceptors (Lipinski definition) is 2. The van der Waals surface area contributed by atoms with E-state index >= 15 is 0 Å². The molecular weight excluding hydrogens is 178 g/mol. The highest BCUT2D eigenvalue weighted by atomic mass is 16.1. The van der Waals surface area contributed by atoms with Crippen LogP contribution in [0.25, 0.3) is 0 Å². The van der Waals surface area contributed by atoms with Gasteiger partial charge in [-0.25, -0.2) is 0 Å². The number of hydrogen-bond donors (Lipinski definition) is 1. The monoisotopic (exact) mass is 191 g/mol. The first-order valence-corrected chi connectivity index (χ1v) is 4.57. The number of benzene rings is 1. The largest absolute Gasteiger partial charge is 0.356 e. The standard InChI is InChI=1S/C11H13NO2/c1-2-12-11(14)7-9-5-3-4-6-10(9)8-13/h3-6,8H,2,7H2,1H3,(H,12,14). The highest BCUT2D eigenvalue weighted by molar-refractivity contribution is 5.84. The summed E-state index contributed by atoms with van der Waals surface area (Å²) in [5, 5.41) is 2.69. The first kappa shape index (κ1) is 10.4.